The maximum atomic E-state index is 13.4. The average molecular weight is 372 g/mol. The summed E-state index contributed by atoms with van der Waals surface area (Å²) in [6, 6.07) is 22.1. The third-order valence-electron chi connectivity index (χ3n) is 4.97. The Labute approximate surface area is 162 Å². The molecule has 5 nitrogen and oxygen atoms in total. The van der Waals surface area contributed by atoms with Crippen molar-refractivity contribution in [3.05, 3.63) is 105 Å². The molecule has 0 saturated carbocycles. The third kappa shape index (κ3) is 3.01. The highest BCUT2D eigenvalue weighted by Gasteiger charge is 2.15. The molecule has 0 radical (unpaired) electrons. The number of nitrogens with zero attached hydrogens (tertiary/aromatic N) is 2. The van der Waals surface area contributed by atoms with E-state index in [2.05, 4.69) is 0 Å². The van der Waals surface area contributed by atoms with Gasteiger partial charge in [0.2, 0.25) is 0 Å². The van der Waals surface area contributed by atoms with Crippen LogP contribution < -0.4 is 16.0 Å². The van der Waals surface area contributed by atoms with Crippen LogP contribution in [0.3, 0.4) is 0 Å². The van der Waals surface area contributed by atoms with Gasteiger partial charge >= 0.3 is 5.69 Å². The Kier molecular flexibility index (Phi) is 4.57. The summed E-state index contributed by atoms with van der Waals surface area (Å²) >= 11 is 0. The lowest BCUT2D eigenvalue weighted by atomic mass is 10.1. The normalized spacial score (nSPS) is 10.9. The molecule has 4 aromatic rings. The smallest absolute Gasteiger partial charge is 0.336 e. The summed E-state index contributed by atoms with van der Waals surface area (Å²) in [6.07, 6.45) is 0. The number of aryl methyl sites for hydroxylation is 1. The molecule has 0 unspecified atom stereocenters. The van der Waals surface area contributed by atoms with Crippen molar-refractivity contribution in [2.24, 2.45) is 0 Å². The SMILES string of the molecule is COc1ccc(-n2c(=O)c3ccccc3n(Cc3ccccc3C)c2=O)cc1. The molecule has 4 rings (SSSR count). The minimum atomic E-state index is -0.364. The van der Waals surface area contributed by atoms with Gasteiger partial charge in [0.05, 0.1) is 30.2 Å². The van der Waals surface area contributed by atoms with Gasteiger partial charge in [-0.2, -0.15) is 0 Å². The Morgan fingerprint density at radius 1 is 0.857 bits per heavy atom. The number of hydrogen-bond donors (Lipinski definition) is 0. The molecular formula is C23H20N2O3. The van der Waals surface area contributed by atoms with Crippen molar-refractivity contribution in [1.82, 2.24) is 9.13 Å². The fourth-order valence-corrected chi connectivity index (χ4v) is 3.39. The van der Waals surface area contributed by atoms with Crippen LogP contribution in [0.4, 0.5) is 0 Å². The van der Waals surface area contributed by atoms with Crippen molar-refractivity contribution < 1.29 is 4.74 Å². The van der Waals surface area contributed by atoms with E-state index in [-0.39, 0.29) is 11.2 Å². The number of methoxy groups -OCH3 is 1. The van der Waals surface area contributed by atoms with Gasteiger partial charge in [-0.25, -0.2) is 9.36 Å². The van der Waals surface area contributed by atoms with Crippen LogP contribution in [0.1, 0.15) is 11.1 Å². The van der Waals surface area contributed by atoms with Crippen LogP contribution in [0, 0.1) is 6.92 Å². The highest BCUT2D eigenvalue weighted by atomic mass is 16.5. The molecule has 0 bridgehead atoms. The number of fused-ring (bicyclic) bond motifs is 1. The molecule has 0 aliphatic heterocycles. The average Bonchev–Trinajstić information content (AvgIpc) is 2.73. The first-order chi connectivity index (χ1) is 13.6. The van der Waals surface area contributed by atoms with Crippen molar-refractivity contribution in [2.75, 3.05) is 7.11 Å². The van der Waals surface area contributed by atoms with Crippen molar-refractivity contribution in [3.63, 3.8) is 0 Å². The molecule has 140 valence electrons. The van der Waals surface area contributed by atoms with Crippen LogP contribution in [0.15, 0.2) is 82.4 Å². The summed E-state index contributed by atoms with van der Waals surface area (Å²) in [4.78, 5) is 26.5. The standard InChI is InChI=1S/C23H20N2O3/c1-16-7-3-4-8-17(16)15-24-21-10-6-5-9-20(21)22(26)25(23(24)27)18-11-13-19(28-2)14-12-18/h3-14H,15H2,1-2H3. The molecule has 0 saturated heterocycles. The van der Waals surface area contributed by atoms with Crippen molar-refractivity contribution in [1.29, 1.82) is 0 Å². The van der Waals surface area contributed by atoms with Crippen LogP contribution in [-0.4, -0.2) is 16.2 Å². The number of aromatic nitrogens is 2. The summed E-state index contributed by atoms with van der Waals surface area (Å²) in [5.74, 6) is 0.665. The topological polar surface area (TPSA) is 53.2 Å². The molecule has 5 heteroatoms. The molecule has 0 N–H and O–H groups in total. The second-order valence-corrected chi connectivity index (χ2v) is 6.65. The van der Waals surface area contributed by atoms with Gasteiger partial charge in [-0.05, 0) is 54.4 Å². The van der Waals surface area contributed by atoms with E-state index >= 15 is 0 Å². The molecule has 28 heavy (non-hydrogen) atoms. The predicted molar refractivity (Wildman–Crippen MR) is 111 cm³/mol. The number of benzene rings is 3. The molecular weight excluding hydrogens is 352 g/mol. The number of rotatable bonds is 4. The summed E-state index contributed by atoms with van der Waals surface area (Å²) < 4.78 is 8.06. The van der Waals surface area contributed by atoms with Gasteiger partial charge in [0.25, 0.3) is 5.56 Å². The molecule has 1 aromatic heterocycles. The molecule has 1 heterocycles. The van der Waals surface area contributed by atoms with Gasteiger partial charge in [-0.1, -0.05) is 36.4 Å². The van der Waals surface area contributed by atoms with Crippen molar-refractivity contribution in [2.45, 2.75) is 13.5 Å². The Balaban J connectivity index is 2.00. The summed E-state index contributed by atoms with van der Waals surface area (Å²) in [5.41, 5.74) is 2.59. The van der Waals surface area contributed by atoms with Gasteiger partial charge in [0, 0.05) is 0 Å². The van der Waals surface area contributed by atoms with E-state index in [1.165, 1.54) is 4.57 Å². The van der Waals surface area contributed by atoms with Gasteiger partial charge < -0.3 is 4.74 Å². The second kappa shape index (κ2) is 7.19. The first-order valence-corrected chi connectivity index (χ1v) is 9.03. The number of para-hydroxylation sites is 1. The Hall–Kier alpha value is -3.60. The predicted octanol–water partition coefficient (Wildman–Crippen LogP) is 3.52. The van der Waals surface area contributed by atoms with Crippen LogP contribution in [0.5, 0.6) is 5.75 Å². The second-order valence-electron chi connectivity index (χ2n) is 6.65. The molecule has 0 fully saturated rings. The van der Waals surface area contributed by atoms with E-state index < -0.39 is 0 Å². The molecule has 0 aliphatic carbocycles. The summed E-state index contributed by atoms with van der Waals surface area (Å²) in [7, 11) is 1.58. The lowest BCUT2D eigenvalue weighted by Crippen LogP contribution is -2.39. The Bertz CT molecular complexity index is 1270. The van der Waals surface area contributed by atoms with Gasteiger partial charge in [-0.3, -0.25) is 9.36 Å². The number of ether oxygens (including phenoxy) is 1. The van der Waals surface area contributed by atoms with Crippen LogP contribution in [0.2, 0.25) is 0 Å². The van der Waals surface area contributed by atoms with E-state index in [1.54, 1.807) is 42.0 Å². The summed E-state index contributed by atoms with van der Waals surface area (Å²) in [6.45, 7) is 2.41. The maximum absolute atomic E-state index is 13.4. The molecule has 3 aromatic carbocycles. The van der Waals surface area contributed by atoms with E-state index in [0.717, 1.165) is 11.1 Å². The zero-order valence-corrected chi connectivity index (χ0v) is 15.8. The largest absolute Gasteiger partial charge is 0.497 e. The zero-order valence-electron chi connectivity index (χ0n) is 15.8. The lowest BCUT2D eigenvalue weighted by molar-refractivity contribution is 0.414. The molecule has 0 spiro atoms. The minimum absolute atomic E-state index is 0.327. The van der Waals surface area contributed by atoms with Crippen LogP contribution in [-0.2, 0) is 6.54 Å². The maximum Gasteiger partial charge on any atom is 0.336 e. The van der Waals surface area contributed by atoms with Gasteiger partial charge in [0.1, 0.15) is 5.75 Å². The van der Waals surface area contributed by atoms with Crippen molar-refractivity contribution in [3.8, 4) is 11.4 Å². The Morgan fingerprint density at radius 2 is 1.54 bits per heavy atom. The first-order valence-electron chi connectivity index (χ1n) is 9.03. The van der Waals surface area contributed by atoms with Gasteiger partial charge in [-0.15, -0.1) is 0 Å². The molecule has 0 aliphatic rings. The lowest BCUT2D eigenvalue weighted by Gasteiger charge is -2.15. The monoisotopic (exact) mass is 372 g/mol. The highest BCUT2D eigenvalue weighted by Crippen LogP contribution is 2.16. The fourth-order valence-electron chi connectivity index (χ4n) is 3.39. The quantitative estimate of drug-likeness (QED) is 0.551. The summed E-state index contributed by atoms with van der Waals surface area (Å²) in [5, 5.41) is 0.506. The zero-order chi connectivity index (χ0) is 19.7. The van der Waals surface area contributed by atoms with Crippen molar-refractivity contribution >= 4 is 10.9 Å². The number of hydrogen-bond acceptors (Lipinski definition) is 3. The van der Waals surface area contributed by atoms with Gasteiger partial charge in [0.15, 0.2) is 0 Å². The highest BCUT2D eigenvalue weighted by molar-refractivity contribution is 5.78. The van der Waals surface area contributed by atoms with E-state index in [9.17, 15) is 9.59 Å². The Morgan fingerprint density at radius 3 is 2.25 bits per heavy atom. The fraction of sp³-hybridized carbons (Fsp3) is 0.130. The van der Waals surface area contributed by atoms with Crippen LogP contribution >= 0.6 is 0 Å². The van der Waals surface area contributed by atoms with Crippen LogP contribution in [0.25, 0.3) is 16.6 Å². The molecule has 0 amide bonds. The third-order valence-corrected chi connectivity index (χ3v) is 4.97. The molecule has 0 atom stereocenters. The van der Waals surface area contributed by atoms with E-state index in [0.29, 0.717) is 28.9 Å². The van der Waals surface area contributed by atoms with E-state index in [1.807, 2.05) is 49.4 Å². The van der Waals surface area contributed by atoms with E-state index in [4.69, 9.17) is 4.74 Å². The minimum Gasteiger partial charge on any atom is -0.497 e. The first kappa shape index (κ1) is 17.8.